The van der Waals surface area contributed by atoms with Gasteiger partial charge in [-0.3, -0.25) is 19.3 Å². The van der Waals surface area contributed by atoms with Gasteiger partial charge in [-0.15, -0.1) is 11.3 Å². The highest BCUT2D eigenvalue weighted by atomic mass is 32.1. The minimum atomic E-state index is -0.797. The summed E-state index contributed by atoms with van der Waals surface area (Å²) < 4.78 is 0. The van der Waals surface area contributed by atoms with Crippen molar-refractivity contribution in [1.82, 2.24) is 10.2 Å². The SMILES string of the molecule is CN1C(=O)CC(NC(=O)c2ccc(C#CCO)s2)C1=O. The molecule has 1 atom stereocenters. The van der Waals surface area contributed by atoms with Crippen LogP contribution in [0.5, 0.6) is 0 Å². The van der Waals surface area contributed by atoms with Crippen molar-refractivity contribution in [2.75, 3.05) is 13.7 Å². The van der Waals surface area contributed by atoms with Crippen molar-refractivity contribution in [3.05, 3.63) is 21.9 Å². The number of aliphatic hydroxyl groups excluding tert-OH is 1. The second kappa shape index (κ2) is 5.86. The lowest BCUT2D eigenvalue weighted by Crippen LogP contribution is -2.40. The molecule has 1 fully saturated rings. The first-order valence-corrected chi connectivity index (χ1v) is 6.65. The number of thiophene rings is 1. The third kappa shape index (κ3) is 2.87. The second-order valence-corrected chi connectivity index (χ2v) is 5.23. The number of likely N-dealkylation sites (N-methyl/N-ethyl adjacent to an activating group) is 1. The van der Waals surface area contributed by atoms with Crippen molar-refractivity contribution in [3.8, 4) is 11.8 Å². The predicted molar refractivity (Wildman–Crippen MR) is 71.9 cm³/mol. The Morgan fingerprint density at radius 2 is 2.30 bits per heavy atom. The molecule has 2 N–H and O–H groups in total. The van der Waals surface area contributed by atoms with E-state index in [1.54, 1.807) is 12.1 Å². The fraction of sp³-hybridized carbons (Fsp3) is 0.308. The fourth-order valence-electron chi connectivity index (χ4n) is 1.75. The van der Waals surface area contributed by atoms with Gasteiger partial charge in [-0.25, -0.2) is 0 Å². The molecule has 0 bridgehead atoms. The van der Waals surface area contributed by atoms with Gasteiger partial charge in [0.1, 0.15) is 12.6 Å². The molecular weight excluding hydrogens is 280 g/mol. The van der Waals surface area contributed by atoms with Gasteiger partial charge in [0.05, 0.1) is 16.2 Å². The average Bonchev–Trinajstić information content (AvgIpc) is 2.99. The zero-order valence-electron chi connectivity index (χ0n) is 10.7. The maximum Gasteiger partial charge on any atom is 0.262 e. The number of hydrogen-bond donors (Lipinski definition) is 2. The first-order chi connectivity index (χ1) is 9.52. The van der Waals surface area contributed by atoms with E-state index in [0.29, 0.717) is 9.75 Å². The highest BCUT2D eigenvalue weighted by Gasteiger charge is 2.37. The molecule has 1 unspecified atom stereocenters. The number of amides is 3. The topological polar surface area (TPSA) is 86.7 Å². The van der Waals surface area contributed by atoms with Crippen LogP contribution in [0.3, 0.4) is 0 Å². The predicted octanol–water partition coefficient (Wildman–Crippen LogP) is -0.421. The van der Waals surface area contributed by atoms with Crippen LogP contribution in [0.25, 0.3) is 0 Å². The van der Waals surface area contributed by atoms with E-state index in [1.165, 1.54) is 7.05 Å². The molecule has 1 saturated heterocycles. The van der Waals surface area contributed by atoms with Gasteiger partial charge in [0, 0.05) is 7.05 Å². The maximum atomic E-state index is 12.0. The molecule has 1 aliphatic rings. The summed E-state index contributed by atoms with van der Waals surface area (Å²) in [4.78, 5) is 37.1. The lowest BCUT2D eigenvalue weighted by molar-refractivity contribution is -0.137. The van der Waals surface area contributed by atoms with Crippen LogP contribution in [0, 0.1) is 11.8 Å². The summed E-state index contributed by atoms with van der Waals surface area (Å²) in [5, 5.41) is 11.1. The second-order valence-electron chi connectivity index (χ2n) is 4.14. The van der Waals surface area contributed by atoms with Gasteiger partial charge >= 0.3 is 0 Å². The Kier molecular flexibility index (Phi) is 4.17. The van der Waals surface area contributed by atoms with Crippen LogP contribution in [0.15, 0.2) is 12.1 Å². The summed E-state index contributed by atoms with van der Waals surface area (Å²) in [7, 11) is 1.39. The number of imide groups is 1. The van der Waals surface area contributed by atoms with Crippen molar-refractivity contribution in [3.63, 3.8) is 0 Å². The number of hydrogen-bond acceptors (Lipinski definition) is 5. The summed E-state index contributed by atoms with van der Waals surface area (Å²) in [6, 6.07) is 2.46. The Hall–Kier alpha value is -2.17. The van der Waals surface area contributed by atoms with Crippen LogP contribution in [0.2, 0.25) is 0 Å². The van der Waals surface area contributed by atoms with E-state index in [0.717, 1.165) is 16.2 Å². The highest BCUT2D eigenvalue weighted by molar-refractivity contribution is 7.14. The monoisotopic (exact) mass is 292 g/mol. The molecule has 3 amide bonds. The molecule has 1 aromatic rings. The first-order valence-electron chi connectivity index (χ1n) is 5.83. The zero-order valence-corrected chi connectivity index (χ0v) is 11.5. The molecule has 104 valence electrons. The number of carbonyl (C=O) groups is 3. The minimum absolute atomic E-state index is 0.0103. The number of nitrogens with zero attached hydrogens (tertiary/aromatic N) is 1. The van der Waals surface area contributed by atoms with Gasteiger partial charge in [-0.05, 0) is 12.1 Å². The van der Waals surface area contributed by atoms with Gasteiger partial charge in [-0.2, -0.15) is 0 Å². The van der Waals surface area contributed by atoms with Crippen molar-refractivity contribution >= 4 is 29.1 Å². The summed E-state index contributed by atoms with van der Waals surface area (Å²) in [5.41, 5.74) is 0. The van der Waals surface area contributed by atoms with Gasteiger partial charge in [0.2, 0.25) is 5.91 Å². The van der Waals surface area contributed by atoms with Crippen molar-refractivity contribution < 1.29 is 19.5 Å². The number of likely N-dealkylation sites (tertiary alicyclic amines) is 1. The van der Waals surface area contributed by atoms with Crippen LogP contribution in [0.1, 0.15) is 21.0 Å². The Labute approximate surface area is 119 Å². The largest absolute Gasteiger partial charge is 0.384 e. The standard InChI is InChI=1S/C13H12N2O4S/c1-15-11(17)7-9(13(15)19)14-12(18)10-5-4-8(20-10)3-2-6-16/h4-5,9,16H,6-7H2,1H3,(H,14,18). The molecule has 0 spiro atoms. The molecule has 20 heavy (non-hydrogen) atoms. The minimum Gasteiger partial charge on any atom is -0.384 e. The first kappa shape index (κ1) is 14.2. The van der Waals surface area contributed by atoms with Crippen LogP contribution in [-0.2, 0) is 9.59 Å². The number of nitrogens with one attached hydrogen (secondary N) is 1. The summed E-state index contributed by atoms with van der Waals surface area (Å²) in [6.07, 6.45) is -0.0103. The molecular formula is C13H12N2O4S. The van der Waals surface area contributed by atoms with E-state index >= 15 is 0 Å². The lowest BCUT2D eigenvalue weighted by Gasteiger charge is -2.09. The molecule has 6 nitrogen and oxygen atoms in total. The smallest absolute Gasteiger partial charge is 0.262 e. The van der Waals surface area contributed by atoms with Gasteiger partial charge in [0.25, 0.3) is 11.8 Å². The van der Waals surface area contributed by atoms with Gasteiger partial charge in [-0.1, -0.05) is 11.8 Å². The molecule has 1 aromatic heterocycles. The van der Waals surface area contributed by atoms with E-state index in [1.807, 2.05) is 0 Å². The molecule has 2 rings (SSSR count). The Morgan fingerprint density at radius 3 is 2.90 bits per heavy atom. The van der Waals surface area contributed by atoms with Crippen molar-refractivity contribution in [1.29, 1.82) is 0 Å². The quantitative estimate of drug-likeness (QED) is 0.572. The number of aliphatic hydroxyl groups is 1. The molecule has 2 heterocycles. The molecule has 7 heteroatoms. The van der Waals surface area contributed by atoms with Crippen LogP contribution in [0.4, 0.5) is 0 Å². The third-order valence-electron chi connectivity index (χ3n) is 2.81. The van der Waals surface area contributed by atoms with Gasteiger partial charge < -0.3 is 10.4 Å². The van der Waals surface area contributed by atoms with E-state index in [4.69, 9.17) is 5.11 Å². The number of rotatable bonds is 2. The third-order valence-corrected chi connectivity index (χ3v) is 3.81. The van der Waals surface area contributed by atoms with Gasteiger partial charge in [0.15, 0.2) is 0 Å². The average molecular weight is 292 g/mol. The van der Waals surface area contributed by atoms with Crippen molar-refractivity contribution in [2.24, 2.45) is 0 Å². The summed E-state index contributed by atoms with van der Waals surface area (Å²) in [5.74, 6) is 4.07. The van der Waals surface area contributed by atoms with E-state index < -0.39 is 17.9 Å². The molecule has 0 aromatic carbocycles. The maximum absolute atomic E-state index is 12.0. The van der Waals surface area contributed by atoms with Crippen molar-refractivity contribution in [2.45, 2.75) is 12.5 Å². The summed E-state index contributed by atoms with van der Waals surface area (Å²) >= 11 is 1.16. The fourth-order valence-corrected chi connectivity index (χ4v) is 2.54. The van der Waals surface area contributed by atoms with Crippen LogP contribution < -0.4 is 5.32 Å². The lowest BCUT2D eigenvalue weighted by atomic mass is 10.2. The van der Waals surface area contributed by atoms with Crippen LogP contribution >= 0.6 is 11.3 Å². The van der Waals surface area contributed by atoms with Crippen LogP contribution in [-0.4, -0.2) is 47.4 Å². The normalized spacial score (nSPS) is 17.9. The molecule has 1 aliphatic heterocycles. The highest BCUT2D eigenvalue weighted by Crippen LogP contribution is 2.17. The Morgan fingerprint density at radius 1 is 1.55 bits per heavy atom. The van der Waals surface area contributed by atoms with E-state index in [2.05, 4.69) is 17.2 Å². The van der Waals surface area contributed by atoms with E-state index in [-0.39, 0.29) is 18.9 Å². The van der Waals surface area contributed by atoms with E-state index in [9.17, 15) is 14.4 Å². The molecule has 0 radical (unpaired) electrons. The number of carbonyl (C=O) groups excluding carboxylic acids is 3. The Bertz CT molecular complexity index is 626. The molecule has 0 aliphatic carbocycles. The molecule has 0 saturated carbocycles. The summed E-state index contributed by atoms with van der Waals surface area (Å²) in [6.45, 7) is -0.246. The Balaban J connectivity index is 2.04. The zero-order chi connectivity index (χ0) is 14.7.